The molecule has 2 unspecified atom stereocenters. The second-order valence-electron chi connectivity index (χ2n) is 11.7. The molecule has 4 N–H and O–H groups in total. The van der Waals surface area contributed by atoms with Crippen molar-refractivity contribution in [2.24, 2.45) is 5.92 Å². The summed E-state index contributed by atoms with van der Waals surface area (Å²) in [5, 5.41) is 36.9. The van der Waals surface area contributed by atoms with E-state index in [0.29, 0.717) is 25.0 Å². The van der Waals surface area contributed by atoms with Crippen LogP contribution in [0.3, 0.4) is 0 Å². The van der Waals surface area contributed by atoms with Gasteiger partial charge in [0.15, 0.2) is 11.5 Å². The zero-order chi connectivity index (χ0) is 24.7. The maximum atomic E-state index is 12.6. The Morgan fingerprint density at radius 1 is 1.14 bits per heavy atom. The van der Waals surface area contributed by atoms with Crippen molar-refractivity contribution in [1.29, 1.82) is 0 Å². The standard InChI is InChI=1S/C29H34N2O5/c32-22-9-8-19-15-23-29(35)11-10-20(30-21(27(33)34)14-17-4-2-1-3-5-17)26-28(29,24(19)25(22)36-26)12-13-31(23)16-18-6-7-18/h1-5,8-9,18,20-21,23,26,30,32,35H,6-7,10-16H2,(H,33,34)/t20-,21?,23?,26+,28+,29-/m1/s1. The predicted octanol–water partition coefficient (Wildman–Crippen LogP) is 2.61. The smallest absolute Gasteiger partial charge is 0.321 e. The second kappa shape index (κ2) is 7.94. The number of aromatic hydroxyl groups is 1. The summed E-state index contributed by atoms with van der Waals surface area (Å²) in [5.74, 6) is 0.449. The lowest BCUT2D eigenvalue weighted by atomic mass is 9.48. The lowest BCUT2D eigenvalue weighted by molar-refractivity contribution is -0.192. The van der Waals surface area contributed by atoms with E-state index in [4.69, 9.17) is 4.74 Å². The van der Waals surface area contributed by atoms with E-state index in [2.05, 4.69) is 10.2 Å². The molecule has 2 aliphatic heterocycles. The number of nitrogens with zero attached hydrogens (tertiary/aromatic N) is 1. The second-order valence-corrected chi connectivity index (χ2v) is 11.7. The van der Waals surface area contributed by atoms with Crippen molar-refractivity contribution < 1.29 is 24.9 Å². The number of carbonyl (C=O) groups is 1. The van der Waals surface area contributed by atoms with Crippen LogP contribution >= 0.6 is 0 Å². The van der Waals surface area contributed by atoms with Crippen LogP contribution in [-0.2, 0) is 23.1 Å². The summed E-state index contributed by atoms with van der Waals surface area (Å²) in [7, 11) is 0. The first-order valence-electron chi connectivity index (χ1n) is 13.4. The maximum Gasteiger partial charge on any atom is 0.321 e. The molecule has 0 aromatic heterocycles. The van der Waals surface area contributed by atoms with Crippen LogP contribution in [0, 0.1) is 5.92 Å². The first-order valence-corrected chi connectivity index (χ1v) is 13.4. The van der Waals surface area contributed by atoms with Crippen molar-refractivity contribution >= 4 is 5.97 Å². The number of phenols is 1. The Labute approximate surface area is 211 Å². The maximum absolute atomic E-state index is 12.6. The number of aliphatic carboxylic acids is 1. The van der Waals surface area contributed by atoms with Gasteiger partial charge in [0, 0.05) is 24.2 Å². The molecule has 0 amide bonds. The minimum atomic E-state index is -0.965. The van der Waals surface area contributed by atoms with Crippen LogP contribution in [0.5, 0.6) is 11.5 Å². The monoisotopic (exact) mass is 490 g/mol. The van der Waals surface area contributed by atoms with Gasteiger partial charge in [-0.3, -0.25) is 15.0 Å². The molecule has 5 aliphatic rings. The molecule has 7 heteroatoms. The minimum Gasteiger partial charge on any atom is -0.504 e. The van der Waals surface area contributed by atoms with E-state index in [1.165, 1.54) is 12.8 Å². The molecule has 6 atom stereocenters. The molecule has 1 saturated heterocycles. The van der Waals surface area contributed by atoms with E-state index in [0.717, 1.165) is 48.5 Å². The molecule has 7 nitrogen and oxygen atoms in total. The number of benzene rings is 2. The van der Waals surface area contributed by atoms with Gasteiger partial charge >= 0.3 is 5.97 Å². The first kappa shape index (κ1) is 22.6. The molecule has 3 fully saturated rings. The first-order chi connectivity index (χ1) is 17.4. The SMILES string of the molecule is O=C(O)C(Cc1ccccc1)N[C@@H]1CC[C@@]2(O)C3Cc4ccc(O)c5c4[C@@]2(CCN3CC2CC2)[C@H]1O5. The highest BCUT2D eigenvalue weighted by atomic mass is 16.5. The zero-order valence-corrected chi connectivity index (χ0v) is 20.4. The fourth-order valence-electron chi connectivity index (χ4n) is 7.98. The average Bonchev–Trinajstić information content (AvgIpc) is 3.61. The van der Waals surface area contributed by atoms with Gasteiger partial charge < -0.3 is 20.1 Å². The molecule has 0 radical (unpaired) electrons. The predicted molar refractivity (Wildman–Crippen MR) is 133 cm³/mol. The van der Waals surface area contributed by atoms with Gasteiger partial charge in [-0.1, -0.05) is 36.4 Å². The lowest BCUT2D eigenvalue weighted by Crippen LogP contribution is -2.78. The van der Waals surface area contributed by atoms with Crippen molar-refractivity contribution in [1.82, 2.24) is 10.2 Å². The Balaban J connectivity index is 1.26. The quantitative estimate of drug-likeness (QED) is 0.473. The number of likely N-dealkylation sites (tertiary alicyclic amines) is 1. The summed E-state index contributed by atoms with van der Waals surface area (Å²) in [6.07, 6.45) is 5.21. The Morgan fingerprint density at radius 2 is 1.94 bits per heavy atom. The Kier molecular flexibility index (Phi) is 4.98. The number of nitrogens with one attached hydrogen (secondary N) is 1. The number of carboxylic acid groups (broad SMARTS) is 1. The number of aliphatic hydroxyl groups is 1. The van der Waals surface area contributed by atoms with E-state index in [1.54, 1.807) is 6.07 Å². The van der Waals surface area contributed by atoms with Gasteiger partial charge in [-0.25, -0.2) is 0 Å². The summed E-state index contributed by atoms with van der Waals surface area (Å²) in [5.41, 5.74) is 1.47. The molecule has 7 rings (SSSR count). The van der Waals surface area contributed by atoms with Crippen molar-refractivity contribution in [2.45, 2.75) is 80.2 Å². The molecule has 2 aromatic rings. The van der Waals surface area contributed by atoms with Gasteiger partial charge in [0.25, 0.3) is 0 Å². The highest BCUT2D eigenvalue weighted by Gasteiger charge is 2.73. The third-order valence-corrected chi connectivity index (χ3v) is 9.76. The number of piperidine rings is 1. The summed E-state index contributed by atoms with van der Waals surface area (Å²) < 4.78 is 6.56. The lowest BCUT2D eigenvalue weighted by Gasteiger charge is -2.64. The van der Waals surface area contributed by atoms with Crippen LogP contribution in [0.15, 0.2) is 42.5 Å². The Hall–Kier alpha value is -2.61. The highest BCUT2D eigenvalue weighted by molar-refractivity contribution is 5.74. The van der Waals surface area contributed by atoms with E-state index in [1.807, 2.05) is 36.4 Å². The summed E-state index contributed by atoms with van der Waals surface area (Å²) in [6.45, 7) is 1.92. The minimum absolute atomic E-state index is 0.0153. The summed E-state index contributed by atoms with van der Waals surface area (Å²) in [6, 6.07) is 12.4. The molecule has 1 spiro atoms. The molecule has 2 heterocycles. The van der Waals surface area contributed by atoms with Crippen molar-refractivity contribution in [3.8, 4) is 11.5 Å². The van der Waals surface area contributed by atoms with E-state index in [9.17, 15) is 20.1 Å². The normalized spacial score (nSPS) is 35.1. The number of rotatable bonds is 7. The largest absolute Gasteiger partial charge is 0.504 e. The fourth-order valence-corrected chi connectivity index (χ4v) is 7.98. The van der Waals surface area contributed by atoms with Crippen LogP contribution in [0.2, 0.25) is 0 Å². The molecule has 2 saturated carbocycles. The fraction of sp³-hybridized carbons (Fsp3) is 0.552. The molecule has 190 valence electrons. The van der Waals surface area contributed by atoms with Gasteiger partial charge in [0.05, 0.1) is 11.0 Å². The van der Waals surface area contributed by atoms with E-state index in [-0.39, 0.29) is 17.8 Å². The van der Waals surface area contributed by atoms with E-state index < -0.39 is 29.1 Å². The van der Waals surface area contributed by atoms with Gasteiger partial charge in [-0.15, -0.1) is 0 Å². The number of phenolic OH excluding ortho intramolecular Hbond substituents is 1. The third kappa shape index (κ3) is 3.12. The summed E-state index contributed by atoms with van der Waals surface area (Å²) >= 11 is 0. The van der Waals surface area contributed by atoms with Crippen LogP contribution in [0.25, 0.3) is 0 Å². The zero-order valence-electron chi connectivity index (χ0n) is 20.4. The number of carboxylic acids is 1. The molecule has 2 aromatic carbocycles. The average molecular weight is 491 g/mol. The molecule has 3 aliphatic carbocycles. The molecule has 36 heavy (non-hydrogen) atoms. The van der Waals surface area contributed by atoms with Gasteiger partial charge in [-0.2, -0.15) is 0 Å². The Morgan fingerprint density at radius 3 is 2.69 bits per heavy atom. The van der Waals surface area contributed by atoms with Crippen LogP contribution < -0.4 is 10.1 Å². The van der Waals surface area contributed by atoms with Gasteiger partial charge in [0.2, 0.25) is 0 Å². The Bertz CT molecular complexity index is 1200. The molecule has 2 bridgehead atoms. The van der Waals surface area contributed by atoms with Crippen molar-refractivity contribution in [3.63, 3.8) is 0 Å². The van der Waals surface area contributed by atoms with Crippen LogP contribution in [0.1, 0.15) is 48.8 Å². The highest BCUT2D eigenvalue weighted by Crippen LogP contribution is 2.65. The number of ether oxygens (including phenoxy) is 1. The third-order valence-electron chi connectivity index (χ3n) is 9.76. The van der Waals surface area contributed by atoms with Gasteiger partial charge in [-0.05, 0) is 74.6 Å². The number of hydrogen-bond donors (Lipinski definition) is 4. The van der Waals surface area contributed by atoms with Gasteiger partial charge in [0.1, 0.15) is 12.1 Å². The topological polar surface area (TPSA) is 102 Å². The summed E-state index contributed by atoms with van der Waals surface area (Å²) in [4.78, 5) is 14.8. The van der Waals surface area contributed by atoms with Crippen molar-refractivity contribution in [3.05, 3.63) is 59.2 Å². The van der Waals surface area contributed by atoms with E-state index >= 15 is 0 Å². The molecular weight excluding hydrogens is 456 g/mol. The van der Waals surface area contributed by atoms with Crippen molar-refractivity contribution in [2.75, 3.05) is 13.1 Å². The number of hydrogen-bond acceptors (Lipinski definition) is 6. The molecular formula is C29H34N2O5. The van der Waals surface area contributed by atoms with Crippen LogP contribution in [0.4, 0.5) is 0 Å². The van der Waals surface area contributed by atoms with Crippen LogP contribution in [-0.4, -0.2) is 69.1 Å².